The molecule has 0 aliphatic carbocycles. The van der Waals surface area contributed by atoms with Gasteiger partial charge in [0.2, 0.25) is 0 Å². The van der Waals surface area contributed by atoms with Gasteiger partial charge >= 0.3 is 6.09 Å². The maximum atomic E-state index is 12.5. The first-order valence-electron chi connectivity index (χ1n) is 8.71. The Labute approximate surface area is 167 Å². The molecule has 1 aromatic heterocycles. The Balaban J connectivity index is 1.64. The van der Waals surface area contributed by atoms with Gasteiger partial charge in [0, 0.05) is 34.1 Å². The Morgan fingerprint density at radius 1 is 1.00 bits per heavy atom. The van der Waals surface area contributed by atoms with Crippen LogP contribution in [-0.4, -0.2) is 22.6 Å². The van der Waals surface area contributed by atoms with E-state index in [9.17, 15) is 9.59 Å². The fraction of sp³-hybridized carbons (Fsp3) is 0.190. The van der Waals surface area contributed by atoms with Gasteiger partial charge in [-0.25, -0.2) is 9.78 Å². The number of nitrogens with zero attached hydrogens (tertiary/aromatic N) is 1. The van der Waals surface area contributed by atoms with Gasteiger partial charge in [0.25, 0.3) is 5.91 Å². The molecule has 0 unspecified atom stereocenters. The average molecular weight is 395 g/mol. The molecular weight excluding hydrogens is 374 g/mol. The van der Waals surface area contributed by atoms with Gasteiger partial charge in [-0.2, -0.15) is 0 Å². The molecule has 2 N–H and O–H groups in total. The van der Waals surface area contributed by atoms with Crippen LogP contribution < -0.4 is 10.6 Å². The molecule has 0 saturated heterocycles. The number of hydrogen-bond acceptors (Lipinski definition) is 5. The van der Waals surface area contributed by atoms with E-state index in [1.807, 2.05) is 29.6 Å². The lowest BCUT2D eigenvalue weighted by atomic mass is 10.1. The standard InChI is InChI=1S/C21H21N3O3S/c1-21(2,3)27-20(26)24-16-9-7-14(8-10-16)18(25)23-17-6-4-5-15(13-17)19-22-11-12-28-19/h4-13H,1-3H3,(H,23,25)(H,24,26). The van der Waals surface area contributed by atoms with Crippen LogP contribution in [0.5, 0.6) is 0 Å². The molecule has 6 nitrogen and oxygen atoms in total. The first kappa shape index (κ1) is 19.6. The molecule has 2 aromatic carbocycles. The van der Waals surface area contributed by atoms with E-state index >= 15 is 0 Å². The highest BCUT2D eigenvalue weighted by atomic mass is 32.1. The summed E-state index contributed by atoms with van der Waals surface area (Å²) in [6, 6.07) is 14.1. The SMILES string of the molecule is CC(C)(C)OC(=O)Nc1ccc(C(=O)Nc2cccc(-c3nccs3)c2)cc1. The minimum Gasteiger partial charge on any atom is -0.444 e. The van der Waals surface area contributed by atoms with Crippen LogP contribution in [0.1, 0.15) is 31.1 Å². The molecular formula is C21H21N3O3S. The summed E-state index contributed by atoms with van der Waals surface area (Å²) < 4.78 is 5.21. The molecule has 3 aromatic rings. The fourth-order valence-corrected chi connectivity index (χ4v) is 3.06. The Bertz CT molecular complexity index is 961. The van der Waals surface area contributed by atoms with Crippen LogP contribution in [0.15, 0.2) is 60.1 Å². The van der Waals surface area contributed by atoms with Crippen molar-refractivity contribution in [3.63, 3.8) is 0 Å². The Kier molecular flexibility index (Phi) is 5.75. The van der Waals surface area contributed by atoms with Crippen LogP contribution in [0.3, 0.4) is 0 Å². The summed E-state index contributed by atoms with van der Waals surface area (Å²) in [5, 5.41) is 8.32. The van der Waals surface area contributed by atoms with Crippen molar-refractivity contribution in [1.29, 1.82) is 0 Å². The first-order chi connectivity index (χ1) is 13.3. The van der Waals surface area contributed by atoms with Gasteiger partial charge in [-0.1, -0.05) is 12.1 Å². The van der Waals surface area contributed by atoms with Gasteiger partial charge in [-0.05, 0) is 57.2 Å². The summed E-state index contributed by atoms with van der Waals surface area (Å²) in [7, 11) is 0. The zero-order chi connectivity index (χ0) is 20.1. The van der Waals surface area contributed by atoms with Gasteiger partial charge in [0.15, 0.2) is 0 Å². The number of carbonyl (C=O) groups is 2. The number of hydrogen-bond donors (Lipinski definition) is 2. The normalized spacial score (nSPS) is 11.0. The summed E-state index contributed by atoms with van der Waals surface area (Å²) >= 11 is 1.54. The fourth-order valence-electron chi connectivity index (χ4n) is 2.43. The number of aromatic nitrogens is 1. The molecule has 1 heterocycles. The molecule has 7 heteroatoms. The summed E-state index contributed by atoms with van der Waals surface area (Å²) in [6.07, 6.45) is 1.21. The smallest absolute Gasteiger partial charge is 0.412 e. The van der Waals surface area contributed by atoms with Crippen molar-refractivity contribution in [1.82, 2.24) is 4.98 Å². The lowest BCUT2D eigenvalue weighted by Gasteiger charge is -2.19. The number of amides is 2. The van der Waals surface area contributed by atoms with Gasteiger partial charge < -0.3 is 10.1 Å². The number of rotatable bonds is 4. The van der Waals surface area contributed by atoms with Crippen LogP contribution in [0, 0.1) is 0 Å². The molecule has 0 atom stereocenters. The molecule has 0 saturated carbocycles. The van der Waals surface area contributed by atoms with Crippen molar-refractivity contribution in [2.24, 2.45) is 0 Å². The Hall–Kier alpha value is -3.19. The van der Waals surface area contributed by atoms with Crippen molar-refractivity contribution >= 4 is 34.7 Å². The predicted molar refractivity (Wildman–Crippen MR) is 112 cm³/mol. The number of carbonyl (C=O) groups excluding carboxylic acids is 2. The van der Waals surface area contributed by atoms with Crippen LogP contribution in [0.4, 0.5) is 16.2 Å². The maximum Gasteiger partial charge on any atom is 0.412 e. The second kappa shape index (κ2) is 8.22. The monoisotopic (exact) mass is 395 g/mol. The number of ether oxygens (including phenoxy) is 1. The molecule has 0 radical (unpaired) electrons. The maximum absolute atomic E-state index is 12.5. The van der Waals surface area contributed by atoms with Crippen molar-refractivity contribution < 1.29 is 14.3 Å². The summed E-state index contributed by atoms with van der Waals surface area (Å²) in [4.78, 5) is 28.6. The van der Waals surface area contributed by atoms with E-state index < -0.39 is 11.7 Å². The largest absolute Gasteiger partial charge is 0.444 e. The highest BCUT2D eigenvalue weighted by Gasteiger charge is 2.16. The molecule has 28 heavy (non-hydrogen) atoms. The van der Waals surface area contributed by atoms with Crippen LogP contribution in [0.25, 0.3) is 10.6 Å². The third-order valence-corrected chi connectivity index (χ3v) is 4.41. The van der Waals surface area contributed by atoms with Crippen LogP contribution in [-0.2, 0) is 4.74 Å². The van der Waals surface area contributed by atoms with Gasteiger partial charge in [0.05, 0.1) is 0 Å². The highest BCUT2D eigenvalue weighted by Crippen LogP contribution is 2.24. The molecule has 0 bridgehead atoms. The van der Waals surface area contributed by atoms with E-state index in [0.717, 1.165) is 10.6 Å². The second-order valence-corrected chi connectivity index (χ2v) is 7.97. The van der Waals surface area contributed by atoms with Crippen molar-refractivity contribution in [3.8, 4) is 10.6 Å². The third kappa shape index (κ3) is 5.40. The van der Waals surface area contributed by atoms with E-state index in [1.54, 1.807) is 62.6 Å². The zero-order valence-electron chi connectivity index (χ0n) is 15.9. The second-order valence-electron chi connectivity index (χ2n) is 7.08. The highest BCUT2D eigenvalue weighted by molar-refractivity contribution is 7.13. The summed E-state index contributed by atoms with van der Waals surface area (Å²) in [5.41, 5.74) is 2.10. The van der Waals surface area contributed by atoms with E-state index in [1.165, 1.54) is 0 Å². The van der Waals surface area contributed by atoms with E-state index in [2.05, 4.69) is 15.6 Å². The van der Waals surface area contributed by atoms with Gasteiger partial charge in [-0.3, -0.25) is 10.1 Å². The minimum atomic E-state index is -0.572. The average Bonchev–Trinajstić information content (AvgIpc) is 3.15. The van der Waals surface area contributed by atoms with E-state index in [4.69, 9.17) is 4.74 Å². The molecule has 0 spiro atoms. The first-order valence-corrected chi connectivity index (χ1v) is 9.59. The zero-order valence-corrected chi connectivity index (χ0v) is 16.7. The van der Waals surface area contributed by atoms with Crippen LogP contribution in [0.2, 0.25) is 0 Å². The number of thiazole rings is 1. The van der Waals surface area contributed by atoms with Crippen LogP contribution >= 0.6 is 11.3 Å². The number of benzene rings is 2. The van der Waals surface area contributed by atoms with Gasteiger partial charge in [0.1, 0.15) is 10.6 Å². The van der Waals surface area contributed by atoms with E-state index in [-0.39, 0.29) is 5.91 Å². The van der Waals surface area contributed by atoms with Crippen molar-refractivity contribution in [2.75, 3.05) is 10.6 Å². The minimum absolute atomic E-state index is 0.236. The van der Waals surface area contributed by atoms with Crippen molar-refractivity contribution in [3.05, 3.63) is 65.7 Å². The number of nitrogens with one attached hydrogen (secondary N) is 2. The topological polar surface area (TPSA) is 80.3 Å². The van der Waals surface area contributed by atoms with Gasteiger partial charge in [-0.15, -0.1) is 11.3 Å². The van der Waals surface area contributed by atoms with Crippen molar-refractivity contribution in [2.45, 2.75) is 26.4 Å². The third-order valence-electron chi connectivity index (χ3n) is 3.59. The molecule has 2 amide bonds. The Morgan fingerprint density at radius 3 is 2.39 bits per heavy atom. The molecule has 3 rings (SSSR count). The molecule has 0 fully saturated rings. The molecule has 0 aliphatic heterocycles. The number of anilines is 2. The summed E-state index contributed by atoms with van der Waals surface area (Å²) in [5.74, 6) is -0.236. The quantitative estimate of drug-likeness (QED) is 0.619. The lowest BCUT2D eigenvalue weighted by molar-refractivity contribution is 0.0636. The Morgan fingerprint density at radius 2 is 1.75 bits per heavy atom. The molecule has 144 valence electrons. The van der Waals surface area contributed by atoms with E-state index in [0.29, 0.717) is 16.9 Å². The predicted octanol–water partition coefficient (Wildman–Crippen LogP) is 5.41. The summed E-state index contributed by atoms with van der Waals surface area (Å²) in [6.45, 7) is 5.39. The lowest BCUT2D eigenvalue weighted by Crippen LogP contribution is -2.27. The molecule has 0 aliphatic rings.